The first-order chi connectivity index (χ1) is 11.1. The third-order valence-electron chi connectivity index (χ3n) is 3.83. The average Bonchev–Trinajstić information content (AvgIpc) is 3.02. The van der Waals surface area contributed by atoms with Gasteiger partial charge in [0.1, 0.15) is 24.1 Å². The first-order valence-corrected chi connectivity index (χ1v) is 9.40. The summed E-state index contributed by atoms with van der Waals surface area (Å²) in [6.45, 7) is -3.03. The minimum Gasteiger partial charge on any atom is -0.387 e. The van der Waals surface area contributed by atoms with Crippen LogP contribution in [0, 0.1) is 0 Å². The van der Waals surface area contributed by atoms with Crippen LogP contribution in [-0.2, 0) is 26.8 Å². The Balaban J connectivity index is 1.94. The highest BCUT2D eigenvalue weighted by molar-refractivity contribution is 8.06. The van der Waals surface area contributed by atoms with Gasteiger partial charge in [-0.15, -0.1) is 0 Å². The van der Waals surface area contributed by atoms with Crippen LogP contribution in [0.5, 0.6) is 0 Å². The van der Waals surface area contributed by atoms with Gasteiger partial charge < -0.3 is 29.9 Å². The van der Waals surface area contributed by atoms with Gasteiger partial charge in [-0.1, -0.05) is 0 Å². The Hall–Kier alpha value is -1.27. The van der Waals surface area contributed by atoms with E-state index in [9.17, 15) is 9.50 Å². The van der Waals surface area contributed by atoms with Crippen LogP contribution in [0.1, 0.15) is 6.92 Å². The standard InChI is InChI=1S/C11H15FN5O5PS/c1-11(17-4-16-6-9(13)14-3-15-10(6)17)8(12)7(18)5(22-11)2-21-23(19,20)24/h3-5,7-8,18H,2H2,1H3,(H2,13,14,15)(H2,19,20,24)/t5-,7?,8-,11+/m1/s1. The molecule has 13 heteroatoms. The van der Waals surface area contributed by atoms with Crippen molar-refractivity contribution < 1.29 is 28.5 Å². The number of aromatic nitrogens is 4. The van der Waals surface area contributed by atoms with Gasteiger partial charge in [0.2, 0.25) is 0 Å². The van der Waals surface area contributed by atoms with Gasteiger partial charge in [0, 0.05) is 0 Å². The molecule has 2 aromatic heterocycles. The number of aliphatic hydroxyl groups excluding tert-OH is 1. The number of anilines is 1. The maximum absolute atomic E-state index is 14.7. The summed E-state index contributed by atoms with van der Waals surface area (Å²) >= 11 is 4.33. The van der Waals surface area contributed by atoms with E-state index < -0.39 is 37.4 Å². The molecule has 1 aliphatic heterocycles. The number of nitrogens with zero attached hydrogens (tertiary/aromatic N) is 4. The van der Waals surface area contributed by atoms with E-state index in [2.05, 4.69) is 31.3 Å². The molecule has 0 bridgehead atoms. The van der Waals surface area contributed by atoms with Gasteiger partial charge in [-0.3, -0.25) is 4.57 Å². The monoisotopic (exact) mass is 379 g/mol. The highest BCUT2D eigenvalue weighted by Gasteiger charge is 2.54. The van der Waals surface area contributed by atoms with E-state index in [1.807, 2.05) is 0 Å². The van der Waals surface area contributed by atoms with Gasteiger partial charge in [0.15, 0.2) is 23.4 Å². The molecule has 0 radical (unpaired) electrons. The summed E-state index contributed by atoms with van der Waals surface area (Å²) in [5.41, 5.74) is 4.55. The smallest absolute Gasteiger partial charge is 0.321 e. The lowest BCUT2D eigenvalue weighted by Gasteiger charge is -2.28. The Morgan fingerprint density at radius 2 is 2.21 bits per heavy atom. The summed E-state index contributed by atoms with van der Waals surface area (Å²) in [5.74, 6) is 0.123. The molecule has 4 atom stereocenters. The van der Waals surface area contributed by atoms with E-state index in [4.69, 9.17) is 20.3 Å². The Morgan fingerprint density at radius 1 is 1.50 bits per heavy atom. The van der Waals surface area contributed by atoms with E-state index in [0.29, 0.717) is 0 Å². The van der Waals surface area contributed by atoms with Gasteiger partial charge in [-0.2, -0.15) is 0 Å². The van der Waals surface area contributed by atoms with Crippen LogP contribution in [0.3, 0.4) is 0 Å². The first kappa shape index (κ1) is 17.5. The van der Waals surface area contributed by atoms with Crippen LogP contribution in [0.25, 0.3) is 11.2 Å². The predicted molar refractivity (Wildman–Crippen MR) is 83.8 cm³/mol. The quantitative estimate of drug-likeness (QED) is 0.508. The highest BCUT2D eigenvalue weighted by atomic mass is 32.5. The van der Waals surface area contributed by atoms with Gasteiger partial charge in [0.25, 0.3) is 0 Å². The van der Waals surface area contributed by atoms with Crippen LogP contribution < -0.4 is 5.73 Å². The fourth-order valence-electron chi connectivity index (χ4n) is 2.62. The van der Waals surface area contributed by atoms with Gasteiger partial charge in [-0.05, 0) is 18.7 Å². The Bertz CT molecular complexity index is 817. The molecule has 10 nitrogen and oxygen atoms in total. The van der Waals surface area contributed by atoms with Crippen molar-refractivity contribution in [3.05, 3.63) is 12.7 Å². The number of hydrogen-bond donors (Lipinski definition) is 4. The molecule has 0 amide bonds. The number of ether oxygens (including phenoxy) is 1. The van der Waals surface area contributed by atoms with E-state index in [1.54, 1.807) is 0 Å². The van der Waals surface area contributed by atoms with Crippen molar-refractivity contribution in [2.24, 2.45) is 0 Å². The van der Waals surface area contributed by atoms with Crippen LogP contribution in [0.15, 0.2) is 12.7 Å². The summed E-state index contributed by atoms with van der Waals surface area (Å²) < 4.78 is 26.3. The molecule has 2 aromatic rings. The van der Waals surface area contributed by atoms with Crippen molar-refractivity contribution >= 4 is 35.5 Å². The van der Waals surface area contributed by atoms with Crippen molar-refractivity contribution in [2.45, 2.75) is 31.0 Å². The Morgan fingerprint density at radius 3 is 2.88 bits per heavy atom. The van der Waals surface area contributed by atoms with Crippen molar-refractivity contribution in [3.8, 4) is 0 Å². The fourth-order valence-corrected chi connectivity index (χ4v) is 3.14. The zero-order valence-electron chi connectivity index (χ0n) is 12.4. The van der Waals surface area contributed by atoms with Gasteiger partial charge >= 0.3 is 6.72 Å². The molecular formula is C11H15FN5O5PS. The number of fused-ring (bicyclic) bond motifs is 1. The molecule has 0 saturated carbocycles. The molecule has 0 aliphatic carbocycles. The van der Waals surface area contributed by atoms with Crippen LogP contribution in [0.4, 0.5) is 10.2 Å². The zero-order chi connectivity index (χ0) is 17.7. The minimum absolute atomic E-state index is 0.123. The highest BCUT2D eigenvalue weighted by Crippen LogP contribution is 2.42. The molecule has 24 heavy (non-hydrogen) atoms. The maximum Gasteiger partial charge on any atom is 0.321 e. The lowest BCUT2D eigenvalue weighted by molar-refractivity contribution is -0.116. The Kier molecular flexibility index (Phi) is 4.33. The number of imidazole rings is 1. The summed E-state index contributed by atoms with van der Waals surface area (Å²) in [5, 5.41) is 10.1. The number of hydrogen-bond acceptors (Lipinski definition) is 8. The third-order valence-corrected chi connectivity index (χ3v) is 4.63. The van der Waals surface area contributed by atoms with Crippen molar-refractivity contribution in [1.82, 2.24) is 19.5 Å². The summed E-state index contributed by atoms with van der Waals surface area (Å²) in [4.78, 5) is 30.1. The lowest BCUT2D eigenvalue weighted by atomic mass is 10.1. The van der Waals surface area contributed by atoms with Crippen molar-refractivity contribution in [2.75, 3.05) is 12.3 Å². The summed E-state index contributed by atoms with van der Waals surface area (Å²) in [7, 11) is 0. The van der Waals surface area contributed by atoms with E-state index in [-0.39, 0.29) is 17.0 Å². The number of aliphatic hydroxyl groups is 1. The number of halogens is 1. The molecule has 5 N–H and O–H groups in total. The third kappa shape index (κ3) is 2.90. The SMILES string of the molecule is C[C@]1(n2cnc3c(N)ncnc32)O[C@H](COP(O)(O)=S)C(O)[C@H]1F. The molecule has 1 unspecified atom stereocenters. The van der Waals surface area contributed by atoms with E-state index >= 15 is 0 Å². The second kappa shape index (κ2) is 5.92. The Labute approximate surface area is 140 Å². The average molecular weight is 379 g/mol. The number of nitrogen functional groups attached to an aromatic ring is 1. The van der Waals surface area contributed by atoms with Crippen LogP contribution in [0.2, 0.25) is 0 Å². The molecule has 3 rings (SSSR count). The normalized spacial score (nSPS) is 31.0. The molecule has 3 heterocycles. The van der Waals surface area contributed by atoms with E-state index in [1.165, 1.54) is 24.1 Å². The number of alkyl halides is 1. The second-order valence-electron chi connectivity index (χ2n) is 5.44. The van der Waals surface area contributed by atoms with Gasteiger partial charge in [-0.25, -0.2) is 19.3 Å². The maximum atomic E-state index is 14.7. The fraction of sp³-hybridized carbons (Fsp3) is 0.545. The molecule has 1 saturated heterocycles. The molecular weight excluding hydrogens is 364 g/mol. The largest absolute Gasteiger partial charge is 0.387 e. The molecule has 1 aliphatic rings. The van der Waals surface area contributed by atoms with E-state index in [0.717, 1.165) is 0 Å². The lowest BCUT2D eigenvalue weighted by Crippen LogP contribution is -2.40. The molecule has 132 valence electrons. The van der Waals surface area contributed by atoms with Gasteiger partial charge in [0.05, 0.1) is 12.9 Å². The van der Waals surface area contributed by atoms with Crippen LogP contribution in [-0.4, -0.2) is 59.4 Å². The van der Waals surface area contributed by atoms with Crippen molar-refractivity contribution in [3.63, 3.8) is 0 Å². The first-order valence-electron chi connectivity index (χ1n) is 6.77. The van der Waals surface area contributed by atoms with Crippen molar-refractivity contribution in [1.29, 1.82) is 0 Å². The summed E-state index contributed by atoms with van der Waals surface area (Å²) in [6.07, 6.45) is -2.13. The molecule has 0 spiro atoms. The second-order valence-corrected chi connectivity index (χ2v) is 8.10. The minimum atomic E-state index is -3.95. The summed E-state index contributed by atoms with van der Waals surface area (Å²) in [6, 6.07) is 0. The van der Waals surface area contributed by atoms with Crippen LogP contribution >= 0.6 is 6.72 Å². The molecule has 1 fully saturated rings. The number of nitrogens with two attached hydrogens (primary N) is 1. The number of rotatable bonds is 4. The molecule has 0 aromatic carbocycles. The topological polar surface area (TPSA) is 149 Å². The zero-order valence-corrected chi connectivity index (χ0v) is 14.1. The predicted octanol–water partition coefficient (Wildman–Crippen LogP) is -0.595.